The molecular weight excluding hydrogens is 315 g/mol. The van der Waals surface area contributed by atoms with Crippen LogP contribution in [-0.2, 0) is 11.2 Å². The average molecular weight is 346 g/mol. The number of benzene rings is 1. The molecular formula is C22H31FO2. The lowest BCUT2D eigenvalue weighted by molar-refractivity contribution is -0.00882. The molecule has 2 saturated carbocycles. The van der Waals surface area contributed by atoms with Gasteiger partial charge in [-0.15, -0.1) is 0 Å². The van der Waals surface area contributed by atoms with Crippen molar-refractivity contribution < 1.29 is 13.9 Å². The molecule has 0 radical (unpaired) electrons. The first-order chi connectivity index (χ1) is 12.3. The maximum atomic E-state index is 13.5. The molecule has 0 spiro atoms. The Morgan fingerprint density at radius 3 is 2.56 bits per heavy atom. The van der Waals surface area contributed by atoms with Gasteiger partial charge >= 0.3 is 0 Å². The van der Waals surface area contributed by atoms with Crippen LogP contribution < -0.4 is 4.74 Å². The van der Waals surface area contributed by atoms with Crippen molar-refractivity contribution in [2.75, 3.05) is 6.61 Å². The third-order valence-electron chi connectivity index (χ3n) is 6.54. The van der Waals surface area contributed by atoms with Gasteiger partial charge in [-0.2, -0.15) is 0 Å². The van der Waals surface area contributed by atoms with Crippen LogP contribution in [0, 0.1) is 17.7 Å². The zero-order valence-electron chi connectivity index (χ0n) is 15.2. The van der Waals surface area contributed by atoms with E-state index in [0.29, 0.717) is 12.0 Å². The van der Waals surface area contributed by atoms with Crippen molar-refractivity contribution in [2.24, 2.45) is 11.8 Å². The number of aryl methyl sites for hydroxylation is 1. The van der Waals surface area contributed by atoms with Crippen molar-refractivity contribution in [1.82, 2.24) is 0 Å². The first-order valence-electron chi connectivity index (χ1n) is 10.3. The molecule has 0 N–H and O–H groups in total. The molecule has 3 heteroatoms. The lowest BCUT2D eigenvalue weighted by Crippen LogP contribution is -2.34. The number of ether oxygens (including phenoxy) is 2. The van der Waals surface area contributed by atoms with Crippen LogP contribution in [0.4, 0.5) is 4.39 Å². The van der Waals surface area contributed by atoms with Crippen LogP contribution in [0.1, 0.15) is 69.8 Å². The maximum absolute atomic E-state index is 13.5. The Kier molecular flexibility index (Phi) is 5.60. The summed E-state index contributed by atoms with van der Waals surface area (Å²) in [7, 11) is 0. The minimum atomic E-state index is -0.192. The molecule has 2 aliphatic carbocycles. The van der Waals surface area contributed by atoms with Gasteiger partial charge in [-0.25, -0.2) is 4.39 Å². The summed E-state index contributed by atoms with van der Waals surface area (Å²) in [5.74, 6) is 1.94. The summed E-state index contributed by atoms with van der Waals surface area (Å²) in [6.07, 6.45) is 14.5. The molecule has 1 unspecified atom stereocenters. The van der Waals surface area contributed by atoms with Gasteiger partial charge in [-0.1, -0.05) is 25.3 Å². The predicted molar refractivity (Wildman–Crippen MR) is 97.4 cm³/mol. The highest BCUT2D eigenvalue weighted by atomic mass is 19.1. The molecule has 4 rings (SSSR count). The summed E-state index contributed by atoms with van der Waals surface area (Å²) in [5, 5.41) is 0. The fraction of sp³-hybridized carbons (Fsp3) is 0.727. The second-order valence-corrected chi connectivity index (χ2v) is 8.32. The van der Waals surface area contributed by atoms with Crippen molar-refractivity contribution >= 4 is 0 Å². The Hall–Kier alpha value is -1.09. The van der Waals surface area contributed by atoms with E-state index in [-0.39, 0.29) is 11.9 Å². The van der Waals surface area contributed by atoms with Crippen LogP contribution in [0.3, 0.4) is 0 Å². The summed E-state index contributed by atoms with van der Waals surface area (Å²) >= 11 is 0. The van der Waals surface area contributed by atoms with Gasteiger partial charge in [-0.3, -0.25) is 0 Å². The van der Waals surface area contributed by atoms with Gasteiger partial charge in [0, 0.05) is 12.7 Å². The van der Waals surface area contributed by atoms with Crippen molar-refractivity contribution in [3.63, 3.8) is 0 Å². The molecule has 1 heterocycles. The van der Waals surface area contributed by atoms with Crippen LogP contribution in [-0.4, -0.2) is 18.8 Å². The van der Waals surface area contributed by atoms with E-state index < -0.39 is 0 Å². The van der Waals surface area contributed by atoms with Gasteiger partial charge in [-0.05, 0) is 74.8 Å². The molecule has 1 atom stereocenters. The first-order valence-corrected chi connectivity index (χ1v) is 10.3. The molecule has 138 valence electrons. The van der Waals surface area contributed by atoms with E-state index >= 15 is 0 Å². The number of fused-ring (bicyclic) bond motifs is 1. The van der Waals surface area contributed by atoms with E-state index in [0.717, 1.165) is 36.7 Å². The fourth-order valence-corrected chi connectivity index (χ4v) is 4.93. The van der Waals surface area contributed by atoms with Gasteiger partial charge in [0.15, 0.2) is 0 Å². The second-order valence-electron chi connectivity index (χ2n) is 8.32. The van der Waals surface area contributed by atoms with Crippen molar-refractivity contribution in [3.05, 3.63) is 29.6 Å². The van der Waals surface area contributed by atoms with Crippen molar-refractivity contribution in [3.8, 4) is 5.75 Å². The van der Waals surface area contributed by atoms with Crippen LogP contribution in [0.15, 0.2) is 18.2 Å². The summed E-state index contributed by atoms with van der Waals surface area (Å²) in [6, 6.07) is 4.98. The Morgan fingerprint density at radius 1 is 0.960 bits per heavy atom. The van der Waals surface area contributed by atoms with E-state index in [1.165, 1.54) is 57.8 Å². The predicted octanol–water partition coefficient (Wildman–Crippen LogP) is 5.68. The molecule has 1 aromatic rings. The van der Waals surface area contributed by atoms with Gasteiger partial charge in [0.2, 0.25) is 0 Å². The van der Waals surface area contributed by atoms with Crippen LogP contribution in [0.2, 0.25) is 0 Å². The molecule has 1 aliphatic heterocycles. The molecule has 0 aromatic heterocycles. The number of hydrogen-bond acceptors (Lipinski definition) is 2. The minimum Gasteiger partial charge on any atom is -0.490 e. The monoisotopic (exact) mass is 346 g/mol. The molecule has 25 heavy (non-hydrogen) atoms. The summed E-state index contributed by atoms with van der Waals surface area (Å²) < 4.78 is 25.8. The lowest BCUT2D eigenvalue weighted by Gasteiger charge is -2.37. The van der Waals surface area contributed by atoms with E-state index in [1.54, 1.807) is 12.1 Å². The van der Waals surface area contributed by atoms with E-state index in [4.69, 9.17) is 9.47 Å². The SMILES string of the molecule is Fc1ccc2c(c1)OC(C1CCC(COC3CCCCC3)CC1)CC2. The maximum Gasteiger partial charge on any atom is 0.126 e. The molecule has 3 aliphatic rings. The normalized spacial score (nSPS) is 30.5. The average Bonchev–Trinajstić information content (AvgIpc) is 2.67. The van der Waals surface area contributed by atoms with Crippen LogP contribution >= 0.6 is 0 Å². The topological polar surface area (TPSA) is 18.5 Å². The molecule has 0 amide bonds. The van der Waals surface area contributed by atoms with Gasteiger partial charge in [0.1, 0.15) is 17.7 Å². The van der Waals surface area contributed by atoms with E-state index in [2.05, 4.69) is 0 Å². The number of hydrogen-bond donors (Lipinski definition) is 0. The first kappa shape index (κ1) is 17.3. The zero-order chi connectivity index (χ0) is 17.1. The highest BCUT2D eigenvalue weighted by molar-refractivity contribution is 5.36. The highest BCUT2D eigenvalue weighted by Crippen LogP contribution is 2.38. The van der Waals surface area contributed by atoms with E-state index in [1.807, 2.05) is 6.07 Å². The fourth-order valence-electron chi connectivity index (χ4n) is 4.93. The third kappa shape index (κ3) is 4.36. The minimum absolute atomic E-state index is 0.192. The summed E-state index contributed by atoms with van der Waals surface area (Å²) in [6.45, 7) is 0.955. The Balaban J connectivity index is 1.23. The molecule has 1 aromatic carbocycles. The summed E-state index contributed by atoms with van der Waals surface area (Å²) in [5.41, 5.74) is 1.16. The smallest absolute Gasteiger partial charge is 0.126 e. The van der Waals surface area contributed by atoms with Crippen molar-refractivity contribution in [1.29, 1.82) is 0 Å². The third-order valence-corrected chi connectivity index (χ3v) is 6.54. The van der Waals surface area contributed by atoms with Gasteiger partial charge in [0.05, 0.1) is 6.10 Å². The number of halogens is 1. The summed E-state index contributed by atoms with van der Waals surface area (Å²) in [4.78, 5) is 0. The zero-order valence-corrected chi connectivity index (χ0v) is 15.2. The lowest BCUT2D eigenvalue weighted by atomic mass is 9.78. The van der Waals surface area contributed by atoms with Gasteiger partial charge in [0.25, 0.3) is 0 Å². The molecule has 0 saturated heterocycles. The Morgan fingerprint density at radius 2 is 1.76 bits per heavy atom. The van der Waals surface area contributed by atoms with Gasteiger partial charge < -0.3 is 9.47 Å². The van der Waals surface area contributed by atoms with Crippen LogP contribution in [0.5, 0.6) is 5.75 Å². The molecule has 0 bridgehead atoms. The number of rotatable bonds is 4. The highest BCUT2D eigenvalue weighted by Gasteiger charge is 2.32. The standard InChI is InChI=1S/C22H31FO2/c23-19-12-10-18-11-13-21(25-22(18)14-19)17-8-6-16(7-9-17)15-24-20-4-2-1-3-5-20/h10,12,14,16-17,20-21H,1-9,11,13,15H2. The Bertz CT molecular complexity index is 559. The molecule has 2 fully saturated rings. The van der Waals surface area contributed by atoms with E-state index in [9.17, 15) is 4.39 Å². The second kappa shape index (κ2) is 8.07. The Labute approximate surface area is 151 Å². The quantitative estimate of drug-likeness (QED) is 0.699. The molecule has 2 nitrogen and oxygen atoms in total. The largest absolute Gasteiger partial charge is 0.490 e. The van der Waals surface area contributed by atoms with Crippen LogP contribution in [0.25, 0.3) is 0 Å². The van der Waals surface area contributed by atoms with Crippen molar-refractivity contribution in [2.45, 2.75) is 82.8 Å².